The summed E-state index contributed by atoms with van der Waals surface area (Å²) in [5.74, 6) is -2.15. The van der Waals surface area contributed by atoms with Gasteiger partial charge in [0.05, 0.1) is 6.42 Å². The topological polar surface area (TPSA) is 60.4 Å². The minimum atomic E-state index is -0.981. The summed E-state index contributed by atoms with van der Waals surface area (Å²) in [6, 6.07) is 0. The molecule has 0 aromatic rings. The van der Waals surface area contributed by atoms with Crippen molar-refractivity contribution in [2.24, 2.45) is 0 Å². The number of carbonyl (C=O) groups is 3. The molecule has 0 amide bonds. The first-order chi connectivity index (χ1) is 5.57. The molecule has 4 nitrogen and oxygen atoms in total. The molecule has 0 rings (SSSR count). The van der Waals surface area contributed by atoms with Gasteiger partial charge in [-0.2, -0.15) is 0 Å². The Labute approximate surface area is 70.2 Å². The Morgan fingerprint density at radius 2 is 2.00 bits per heavy atom. The number of ether oxygens (including phenoxy) is 1. The van der Waals surface area contributed by atoms with Crippen LogP contribution in [0.5, 0.6) is 0 Å². The van der Waals surface area contributed by atoms with E-state index in [2.05, 4.69) is 11.3 Å². The summed E-state index contributed by atoms with van der Waals surface area (Å²) >= 11 is 0. The van der Waals surface area contributed by atoms with E-state index in [1.807, 2.05) is 0 Å². The third-order valence-corrected chi connectivity index (χ3v) is 0.969. The number of hydrogen-bond acceptors (Lipinski definition) is 4. The summed E-state index contributed by atoms with van der Waals surface area (Å²) in [7, 11) is 0. The van der Waals surface area contributed by atoms with Crippen LogP contribution < -0.4 is 0 Å². The van der Waals surface area contributed by atoms with Gasteiger partial charge >= 0.3 is 5.97 Å². The van der Waals surface area contributed by atoms with E-state index in [1.54, 1.807) is 0 Å². The lowest BCUT2D eigenvalue weighted by molar-refractivity contribution is -0.153. The van der Waals surface area contributed by atoms with Gasteiger partial charge in [0.1, 0.15) is 12.4 Å². The van der Waals surface area contributed by atoms with Crippen LogP contribution in [0.15, 0.2) is 12.7 Å². The molecule has 66 valence electrons. The van der Waals surface area contributed by atoms with E-state index in [0.29, 0.717) is 0 Å². The highest BCUT2D eigenvalue weighted by Gasteiger charge is 2.16. The standard InChI is InChI=1S/C8H10O4/c1-3-4-12-8(11)7(10)5-6(2)9/h3H,1,4-5H2,2H3. The van der Waals surface area contributed by atoms with Crippen molar-refractivity contribution < 1.29 is 19.1 Å². The Morgan fingerprint density at radius 1 is 1.42 bits per heavy atom. The second-order valence-corrected chi connectivity index (χ2v) is 2.19. The first-order valence-corrected chi connectivity index (χ1v) is 3.38. The van der Waals surface area contributed by atoms with Crippen LogP contribution in [0.2, 0.25) is 0 Å². The Bertz CT molecular complexity index is 217. The van der Waals surface area contributed by atoms with Crippen molar-refractivity contribution in [2.75, 3.05) is 6.61 Å². The van der Waals surface area contributed by atoms with Crippen LogP contribution in [0, 0.1) is 0 Å². The number of carbonyl (C=O) groups excluding carboxylic acids is 3. The average Bonchev–Trinajstić information content (AvgIpc) is 1.98. The van der Waals surface area contributed by atoms with Crippen molar-refractivity contribution in [1.82, 2.24) is 0 Å². The monoisotopic (exact) mass is 170 g/mol. The molecule has 0 N–H and O–H groups in total. The molecule has 0 saturated heterocycles. The lowest BCUT2D eigenvalue weighted by Crippen LogP contribution is -2.19. The SMILES string of the molecule is C=CCOC(=O)C(=O)CC(C)=O. The molecule has 0 aliphatic heterocycles. The highest BCUT2D eigenvalue weighted by Crippen LogP contribution is 1.89. The van der Waals surface area contributed by atoms with E-state index in [9.17, 15) is 14.4 Å². The first-order valence-electron chi connectivity index (χ1n) is 3.38. The summed E-state index contributed by atoms with van der Waals surface area (Å²) in [6.07, 6.45) is 0.953. The third-order valence-electron chi connectivity index (χ3n) is 0.969. The smallest absolute Gasteiger partial charge is 0.375 e. The molecule has 0 bridgehead atoms. The number of hydrogen-bond donors (Lipinski definition) is 0. The van der Waals surface area contributed by atoms with E-state index in [4.69, 9.17) is 0 Å². The van der Waals surface area contributed by atoms with Gasteiger partial charge < -0.3 is 4.74 Å². The molecule has 0 aromatic carbocycles. The van der Waals surface area contributed by atoms with Crippen LogP contribution in [0.25, 0.3) is 0 Å². The lowest BCUT2D eigenvalue weighted by atomic mass is 10.2. The molecule has 4 heteroatoms. The van der Waals surface area contributed by atoms with Gasteiger partial charge in [-0.1, -0.05) is 12.7 Å². The van der Waals surface area contributed by atoms with Gasteiger partial charge in [0.2, 0.25) is 5.78 Å². The van der Waals surface area contributed by atoms with Crippen LogP contribution in [-0.2, 0) is 19.1 Å². The zero-order valence-electron chi connectivity index (χ0n) is 6.83. The molecule has 0 saturated carbocycles. The molecule has 0 atom stereocenters. The maximum atomic E-state index is 10.7. The zero-order valence-corrected chi connectivity index (χ0v) is 6.83. The van der Waals surface area contributed by atoms with Crippen molar-refractivity contribution in [2.45, 2.75) is 13.3 Å². The van der Waals surface area contributed by atoms with Crippen molar-refractivity contribution in [3.8, 4) is 0 Å². The first kappa shape index (κ1) is 10.6. The largest absolute Gasteiger partial charge is 0.456 e. The maximum absolute atomic E-state index is 10.7. The minimum absolute atomic E-state index is 0.0114. The van der Waals surface area contributed by atoms with Gasteiger partial charge in [-0.15, -0.1) is 0 Å². The van der Waals surface area contributed by atoms with Crippen LogP contribution >= 0.6 is 0 Å². The fraction of sp³-hybridized carbons (Fsp3) is 0.375. The van der Waals surface area contributed by atoms with Crippen LogP contribution in [0.3, 0.4) is 0 Å². The molecule has 0 aromatic heterocycles. The summed E-state index contributed by atoms with van der Waals surface area (Å²) in [5, 5.41) is 0. The van der Waals surface area contributed by atoms with E-state index in [1.165, 1.54) is 13.0 Å². The molecular formula is C8H10O4. The van der Waals surface area contributed by atoms with Gasteiger partial charge in [-0.3, -0.25) is 9.59 Å². The number of ketones is 2. The summed E-state index contributed by atoms with van der Waals surface area (Å²) < 4.78 is 4.40. The number of rotatable bonds is 5. The van der Waals surface area contributed by atoms with E-state index in [-0.39, 0.29) is 12.4 Å². The highest BCUT2D eigenvalue weighted by atomic mass is 16.5. The van der Waals surface area contributed by atoms with Crippen molar-refractivity contribution in [3.05, 3.63) is 12.7 Å². The van der Waals surface area contributed by atoms with Crippen molar-refractivity contribution in [3.63, 3.8) is 0 Å². The average molecular weight is 170 g/mol. The van der Waals surface area contributed by atoms with Gasteiger partial charge in [0.25, 0.3) is 0 Å². The van der Waals surface area contributed by atoms with E-state index >= 15 is 0 Å². The maximum Gasteiger partial charge on any atom is 0.375 e. The zero-order chi connectivity index (χ0) is 9.56. The molecule has 0 fully saturated rings. The fourth-order valence-corrected chi connectivity index (χ4v) is 0.513. The normalized spacial score (nSPS) is 8.75. The molecule has 0 radical (unpaired) electrons. The Balaban J connectivity index is 3.85. The molecular weight excluding hydrogens is 160 g/mol. The molecule has 0 heterocycles. The molecule has 0 aliphatic rings. The van der Waals surface area contributed by atoms with Crippen molar-refractivity contribution in [1.29, 1.82) is 0 Å². The highest BCUT2D eigenvalue weighted by molar-refractivity contribution is 6.36. The summed E-state index contributed by atoms with van der Waals surface area (Å²) in [5.41, 5.74) is 0. The second kappa shape index (κ2) is 5.23. The number of Topliss-reactive ketones (excluding diaryl/α,β-unsaturated/α-hetero) is 2. The van der Waals surface area contributed by atoms with Crippen molar-refractivity contribution >= 4 is 17.5 Å². The van der Waals surface area contributed by atoms with Crippen LogP contribution in [-0.4, -0.2) is 24.1 Å². The molecule has 0 unspecified atom stereocenters. The summed E-state index contributed by atoms with van der Waals surface area (Å²) in [4.78, 5) is 31.8. The Hall–Kier alpha value is -1.45. The van der Waals surface area contributed by atoms with Gasteiger partial charge in [-0.25, -0.2) is 4.79 Å². The van der Waals surface area contributed by atoms with Crippen LogP contribution in [0.4, 0.5) is 0 Å². The lowest BCUT2D eigenvalue weighted by Gasteiger charge is -1.97. The second-order valence-electron chi connectivity index (χ2n) is 2.19. The molecule has 0 aliphatic carbocycles. The quantitative estimate of drug-likeness (QED) is 0.257. The third kappa shape index (κ3) is 4.38. The van der Waals surface area contributed by atoms with Gasteiger partial charge in [-0.05, 0) is 6.92 Å². The Kier molecular flexibility index (Phi) is 4.60. The predicted molar refractivity (Wildman–Crippen MR) is 41.5 cm³/mol. The minimum Gasteiger partial charge on any atom is -0.456 e. The fourth-order valence-electron chi connectivity index (χ4n) is 0.513. The predicted octanol–water partition coefficient (Wildman–Crippen LogP) is 0.264. The number of esters is 1. The Morgan fingerprint density at radius 3 is 2.42 bits per heavy atom. The van der Waals surface area contributed by atoms with E-state index < -0.39 is 18.2 Å². The molecule has 0 spiro atoms. The summed E-state index contributed by atoms with van der Waals surface area (Å²) in [6.45, 7) is 4.52. The molecule has 12 heavy (non-hydrogen) atoms. The van der Waals surface area contributed by atoms with Gasteiger partial charge in [0, 0.05) is 0 Å². The van der Waals surface area contributed by atoms with E-state index in [0.717, 1.165) is 0 Å². The van der Waals surface area contributed by atoms with Crippen LogP contribution in [0.1, 0.15) is 13.3 Å². The van der Waals surface area contributed by atoms with Gasteiger partial charge in [0.15, 0.2) is 0 Å².